The Bertz CT molecular complexity index is 1390. The molecule has 61 heavy (non-hydrogen) atoms. The number of hydrogen-bond acceptors (Lipinski definition) is 11. The molecule has 0 amide bonds. The molecular formula is C48H80O12S. The van der Waals surface area contributed by atoms with Gasteiger partial charge < -0.3 is 34.3 Å². The van der Waals surface area contributed by atoms with E-state index in [1.165, 1.54) is 38.5 Å². The molecule has 0 aromatic heterocycles. The van der Waals surface area contributed by atoms with Gasteiger partial charge in [-0.2, -0.15) is 8.42 Å². The van der Waals surface area contributed by atoms with Crippen LogP contribution < -0.4 is 0 Å². The van der Waals surface area contributed by atoms with Crippen LogP contribution in [0.5, 0.6) is 0 Å². The minimum Gasteiger partial charge on any atom is -0.457 e. The molecule has 12 nitrogen and oxygen atoms in total. The van der Waals surface area contributed by atoms with Gasteiger partial charge in [0, 0.05) is 13.0 Å². The van der Waals surface area contributed by atoms with E-state index in [4.69, 9.17) is 23.5 Å². The number of unbranched alkanes of at least 4 members (excludes halogenated alkanes) is 11. The van der Waals surface area contributed by atoms with Crippen molar-refractivity contribution in [2.24, 2.45) is 0 Å². The summed E-state index contributed by atoms with van der Waals surface area (Å²) in [7, 11) is -5.07. The van der Waals surface area contributed by atoms with E-state index < -0.39 is 59.8 Å². The monoisotopic (exact) mass is 881 g/mol. The Kier molecular flexibility index (Phi) is 35.9. The second kappa shape index (κ2) is 38.9. The van der Waals surface area contributed by atoms with Crippen molar-refractivity contribution in [1.82, 2.24) is 0 Å². The Morgan fingerprint density at radius 3 is 1.67 bits per heavy atom. The minimum atomic E-state index is -5.07. The van der Waals surface area contributed by atoms with Crippen molar-refractivity contribution in [2.45, 2.75) is 185 Å². The van der Waals surface area contributed by atoms with Gasteiger partial charge in [-0.25, -0.2) is 4.18 Å². The molecule has 0 aromatic carbocycles. The van der Waals surface area contributed by atoms with E-state index in [1.807, 2.05) is 0 Å². The molecule has 0 bridgehead atoms. The molecule has 0 spiro atoms. The summed E-state index contributed by atoms with van der Waals surface area (Å²) in [4.78, 5) is 12.8. The van der Waals surface area contributed by atoms with Crippen LogP contribution in [0.25, 0.3) is 0 Å². The summed E-state index contributed by atoms with van der Waals surface area (Å²) >= 11 is 0. The van der Waals surface area contributed by atoms with Gasteiger partial charge in [-0.05, 0) is 89.9 Å². The molecule has 13 heteroatoms. The van der Waals surface area contributed by atoms with Crippen LogP contribution in [-0.2, 0) is 38.3 Å². The van der Waals surface area contributed by atoms with Gasteiger partial charge in [0.1, 0.15) is 30.5 Å². The summed E-state index contributed by atoms with van der Waals surface area (Å²) in [5.74, 6) is -0.447. The Balaban J connectivity index is 2.47. The highest BCUT2D eigenvalue weighted by atomic mass is 32.3. The van der Waals surface area contributed by atoms with Gasteiger partial charge in [-0.3, -0.25) is 9.35 Å². The maximum absolute atomic E-state index is 12.8. The molecule has 6 unspecified atom stereocenters. The summed E-state index contributed by atoms with van der Waals surface area (Å²) in [6.45, 7) is 3.76. The highest BCUT2D eigenvalue weighted by Gasteiger charge is 2.48. The zero-order valence-electron chi connectivity index (χ0n) is 37.2. The smallest absolute Gasteiger partial charge is 0.397 e. The molecular weight excluding hydrogens is 801 g/mol. The number of allylic oxidation sites excluding steroid dienone is 14. The van der Waals surface area contributed by atoms with Crippen LogP contribution in [0.1, 0.15) is 149 Å². The number of carbonyl (C=O) groups is 1. The molecule has 0 aromatic rings. The predicted molar refractivity (Wildman–Crippen MR) is 243 cm³/mol. The first-order chi connectivity index (χ1) is 29.6. The fourth-order valence-electron chi connectivity index (χ4n) is 6.32. The average Bonchev–Trinajstić information content (AvgIpc) is 3.23. The van der Waals surface area contributed by atoms with Gasteiger partial charge in [0.2, 0.25) is 0 Å². The van der Waals surface area contributed by atoms with Crippen molar-refractivity contribution in [3.8, 4) is 0 Å². The average molecular weight is 881 g/mol. The van der Waals surface area contributed by atoms with E-state index in [1.54, 1.807) is 0 Å². The van der Waals surface area contributed by atoms with Crippen molar-refractivity contribution in [3.05, 3.63) is 85.1 Å². The summed E-state index contributed by atoms with van der Waals surface area (Å²) in [5.41, 5.74) is 0. The Hall–Kier alpha value is -2.72. The van der Waals surface area contributed by atoms with Gasteiger partial charge in [0.15, 0.2) is 6.29 Å². The molecule has 1 rings (SSSR count). The first kappa shape index (κ1) is 56.3. The summed E-state index contributed by atoms with van der Waals surface area (Å²) in [5, 5.41) is 30.7. The lowest BCUT2D eigenvalue weighted by molar-refractivity contribution is -0.301. The zero-order chi connectivity index (χ0) is 44.7. The van der Waals surface area contributed by atoms with Crippen molar-refractivity contribution < 1.29 is 56.2 Å². The largest absolute Gasteiger partial charge is 0.457 e. The lowest BCUT2D eigenvalue weighted by atomic mass is 9.99. The molecule has 1 aliphatic heterocycles. The quantitative estimate of drug-likeness (QED) is 0.0200. The van der Waals surface area contributed by atoms with Crippen LogP contribution >= 0.6 is 0 Å². The molecule has 1 saturated heterocycles. The fourth-order valence-corrected chi connectivity index (χ4v) is 6.82. The normalized spacial score (nSPS) is 20.9. The third-order valence-electron chi connectivity index (χ3n) is 9.75. The molecule has 1 fully saturated rings. The zero-order valence-corrected chi connectivity index (χ0v) is 38.0. The number of aliphatic hydroxyl groups excluding tert-OH is 3. The van der Waals surface area contributed by atoms with E-state index in [0.717, 1.165) is 83.5 Å². The topological polar surface area (TPSA) is 178 Å². The fraction of sp³-hybridized carbons (Fsp3) is 0.688. The molecule has 1 aliphatic rings. The molecule has 350 valence electrons. The van der Waals surface area contributed by atoms with Gasteiger partial charge in [0.25, 0.3) is 0 Å². The number of rotatable bonds is 38. The number of ether oxygens (including phenoxy) is 4. The Labute approximate surface area is 368 Å². The van der Waals surface area contributed by atoms with E-state index in [2.05, 4.69) is 103 Å². The Morgan fingerprint density at radius 1 is 0.639 bits per heavy atom. The van der Waals surface area contributed by atoms with Gasteiger partial charge in [-0.15, -0.1) is 0 Å². The van der Waals surface area contributed by atoms with Crippen molar-refractivity contribution in [2.75, 3.05) is 26.4 Å². The molecule has 0 radical (unpaired) electrons. The maximum atomic E-state index is 12.8. The van der Waals surface area contributed by atoms with Crippen molar-refractivity contribution in [1.29, 1.82) is 0 Å². The van der Waals surface area contributed by atoms with E-state index in [-0.39, 0.29) is 19.6 Å². The minimum absolute atomic E-state index is 0.00862. The van der Waals surface area contributed by atoms with E-state index >= 15 is 0 Å². The maximum Gasteiger partial charge on any atom is 0.397 e. The van der Waals surface area contributed by atoms with Crippen LogP contribution in [0.15, 0.2) is 85.1 Å². The molecule has 4 N–H and O–H groups in total. The number of carbonyl (C=O) groups excluding carboxylic acids is 1. The van der Waals surface area contributed by atoms with Gasteiger partial charge >= 0.3 is 16.4 Å². The summed E-state index contributed by atoms with van der Waals surface area (Å²) in [6.07, 6.45) is 41.9. The predicted octanol–water partition coefficient (Wildman–Crippen LogP) is 9.68. The van der Waals surface area contributed by atoms with Crippen LogP contribution in [0, 0.1) is 0 Å². The van der Waals surface area contributed by atoms with Crippen LogP contribution in [0.3, 0.4) is 0 Å². The number of aliphatic hydroxyl groups is 3. The molecule has 0 aliphatic carbocycles. The standard InChI is InChI=1S/C48H80O12S/c1-3-5-7-9-11-13-15-17-18-19-20-21-22-23-24-25-27-29-31-33-35-37-44(50)58-42(40-56-38-36-34-32-30-28-26-16-14-12-10-8-6-4-2)41-57-48-46(52)47(60-61(53,54)55)45(51)43(39-49)59-48/h5,7,11-14,17-18,20-21,23-24,27,29,42-43,45-49,51-52H,3-4,6,8-10,15-16,19,22,25-26,28,30-41H2,1-2H3,(H,53,54,55)/b7-5-,13-11-,14-12-,18-17-,21-20-,24-23-,29-27-. The second-order valence-electron chi connectivity index (χ2n) is 15.3. The molecule has 1 heterocycles. The number of esters is 1. The first-order valence-electron chi connectivity index (χ1n) is 22.8. The van der Waals surface area contributed by atoms with Crippen molar-refractivity contribution in [3.63, 3.8) is 0 Å². The first-order valence-corrected chi connectivity index (χ1v) is 24.2. The summed E-state index contributed by atoms with van der Waals surface area (Å²) < 4.78 is 59.0. The lowest BCUT2D eigenvalue weighted by Gasteiger charge is -2.41. The van der Waals surface area contributed by atoms with E-state index in [0.29, 0.717) is 13.0 Å². The third-order valence-corrected chi connectivity index (χ3v) is 10.2. The lowest BCUT2D eigenvalue weighted by Crippen LogP contribution is -2.60. The molecule has 0 saturated carbocycles. The van der Waals surface area contributed by atoms with Gasteiger partial charge in [0.05, 0.1) is 19.8 Å². The second-order valence-corrected chi connectivity index (χ2v) is 16.3. The van der Waals surface area contributed by atoms with Crippen LogP contribution in [0.4, 0.5) is 0 Å². The van der Waals surface area contributed by atoms with Crippen LogP contribution in [-0.4, -0.2) is 97.5 Å². The highest BCUT2D eigenvalue weighted by Crippen LogP contribution is 2.26. The SMILES string of the molecule is CC/C=C\C/C=C\C/C=C\C/C=C\C/C=C\C/C=C\CCCCC(=O)OC(COCCCCCCCC/C=C\CCCCC)COC1OC(CO)C(O)C(OS(=O)(=O)O)C1O. The van der Waals surface area contributed by atoms with Crippen molar-refractivity contribution >= 4 is 16.4 Å². The number of hydrogen-bond donors (Lipinski definition) is 4. The van der Waals surface area contributed by atoms with E-state index in [9.17, 15) is 28.5 Å². The van der Waals surface area contributed by atoms with Crippen LogP contribution in [0.2, 0.25) is 0 Å². The third kappa shape index (κ3) is 32.6. The molecule has 6 atom stereocenters. The highest BCUT2D eigenvalue weighted by molar-refractivity contribution is 7.80. The Morgan fingerprint density at radius 2 is 1.13 bits per heavy atom. The summed E-state index contributed by atoms with van der Waals surface area (Å²) in [6, 6.07) is 0. The van der Waals surface area contributed by atoms with Gasteiger partial charge in [-0.1, -0.05) is 137 Å².